The first-order valence-electron chi connectivity index (χ1n) is 9.84. The molecule has 3 amide bonds. The highest BCUT2D eigenvalue weighted by molar-refractivity contribution is 9.11. The third-order valence-corrected chi connectivity index (χ3v) is 7.14. The van der Waals surface area contributed by atoms with Gasteiger partial charge in [-0.15, -0.1) is 11.3 Å². The second-order valence-electron chi connectivity index (χ2n) is 7.78. The van der Waals surface area contributed by atoms with E-state index in [1.54, 1.807) is 28.0 Å². The molecule has 3 heterocycles. The molecule has 4 rings (SSSR count). The zero-order valence-electron chi connectivity index (χ0n) is 16.6. The van der Waals surface area contributed by atoms with Crippen LogP contribution in [0.5, 0.6) is 0 Å². The first-order valence-corrected chi connectivity index (χ1v) is 11.4. The van der Waals surface area contributed by atoms with Gasteiger partial charge >= 0.3 is 0 Å². The summed E-state index contributed by atoms with van der Waals surface area (Å²) < 4.78 is 0.887. The topological polar surface area (TPSA) is 95.7 Å². The Morgan fingerprint density at radius 2 is 2.03 bits per heavy atom. The summed E-state index contributed by atoms with van der Waals surface area (Å²) in [4.78, 5) is 41.8. The number of thiophene rings is 1. The van der Waals surface area contributed by atoms with Crippen molar-refractivity contribution < 1.29 is 14.4 Å². The molecule has 2 aliphatic heterocycles. The van der Waals surface area contributed by atoms with Crippen molar-refractivity contribution >= 4 is 50.7 Å². The smallest absolute Gasteiger partial charge is 0.261 e. The van der Waals surface area contributed by atoms with E-state index >= 15 is 0 Å². The summed E-state index contributed by atoms with van der Waals surface area (Å²) in [7, 11) is 0. The van der Waals surface area contributed by atoms with E-state index in [0.29, 0.717) is 30.1 Å². The van der Waals surface area contributed by atoms with E-state index in [1.165, 1.54) is 11.3 Å². The van der Waals surface area contributed by atoms with Gasteiger partial charge in [0.05, 0.1) is 14.7 Å². The average Bonchev–Trinajstić information content (AvgIpc) is 3.41. The van der Waals surface area contributed by atoms with Crippen LogP contribution in [0.2, 0.25) is 0 Å². The van der Waals surface area contributed by atoms with Crippen molar-refractivity contribution in [3.8, 4) is 0 Å². The molecule has 1 aromatic heterocycles. The van der Waals surface area contributed by atoms with Crippen LogP contribution in [-0.4, -0.2) is 54.3 Å². The van der Waals surface area contributed by atoms with Crippen molar-refractivity contribution in [2.45, 2.75) is 31.8 Å². The lowest BCUT2D eigenvalue weighted by Crippen LogP contribution is -2.36. The van der Waals surface area contributed by atoms with Crippen LogP contribution >= 0.6 is 27.3 Å². The molecular weight excluding hydrogens is 468 g/mol. The molecule has 2 fully saturated rings. The highest BCUT2D eigenvalue weighted by Crippen LogP contribution is 2.27. The van der Waals surface area contributed by atoms with Crippen molar-refractivity contribution in [3.05, 3.63) is 50.1 Å². The van der Waals surface area contributed by atoms with Gasteiger partial charge in [0.1, 0.15) is 0 Å². The minimum absolute atomic E-state index is 0.0213. The number of hydrogen-bond donors (Lipinski definition) is 2. The van der Waals surface area contributed by atoms with Crippen molar-refractivity contribution in [3.63, 3.8) is 0 Å². The van der Waals surface area contributed by atoms with Crippen molar-refractivity contribution in [2.24, 2.45) is 5.73 Å². The molecule has 2 unspecified atom stereocenters. The number of nitrogens with one attached hydrogen (secondary N) is 1. The molecule has 7 nitrogen and oxygen atoms in total. The molecule has 30 heavy (non-hydrogen) atoms. The number of amides is 3. The molecule has 2 atom stereocenters. The van der Waals surface area contributed by atoms with Crippen LogP contribution in [0.4, 0.5) is 5.69 Å². The zero-order chi connectivity index (χ0) is 21.4. The third kappa shape index (κ3) is 4.28. The number of benzene rings is 1. The maximum atomic E-state index is 12.8. The van der Waals surface area contributed by atoms with Gasteiger partial charge in [-0.2, -0.15) is 0 Å². The molecule has 3 N–H and O–H groups in total. The highest BCUT2D eigenvalue weighted by atomic mass is 79.9. The van der Waals surface area contributed by atoms with Crippen LogP contribution in [0.15, 0.2) is 34.1 Å². The lowest BCUT2D eigenvalue weighted by Gasteiger charge is -2.21. The summed E-state index contributed by atoms with van der Waals surface area (Å²) in [5.74, 6) is -0.241. The van der Waals surface area contributed by atoms with Crippen LogP contribution in [-0.2, 0) is 4.79 Å². The predicted octanol–water partition coefficient (Wildman–Crippen LogP) is 2.53. The Balaban J connectivity index is 1.43. The van der Waals surface area contributed by atoms with Gasteiger partial charge in [-0.05, 0) is 65.2 Å². The molecule has 0 aliphatic carbocycles. The Morgan fingerprint density at radius 3 is 2.67 bits per heavy atom. The largest absolute Gasteiger partial charge is 0.346 e. The van der Waals surface area contributed by atoms with E-state index in [-0.39, 0.29) is 36.2 Å². The summed E-state index contributed by atoms with van der Waals surface area (Å²) in [6.45, 7) is 3.53. The molecule has 9 heteroatoms. The van der Waals surface area contributed by atoms with Gasteiger partial charge < -0.3 is 20.9 Å². The van der Waals surface area contributed by atoms with Crippen molar-refractivity contribution in [1.82, 2.24) is 10.2 Å². The Kier molecular flexibility index (Phi) is 5.95. The van der Waals surface area contributed by atoms with Crippen LogP contribution in [0.1, 0.15) is 38.4 Å². The summed E-state index contributed by atoms with van der Waals surface area (Å²) in [6.07, 6.45) is 1.07. The number of halogens is 1. The van der Waals surface area contributed by atoms with Gasteiger partial charge in [0.25, 0.3) is 11.8 Å². The van der Waals surface area contributed by atoms with E-state index in [0.717, 1.165) is 21.5 Å². The van der Waals surface area contributed by atoms with E-state index in [4.69, 9.17) is 5.73 Å². The summed E-state index contributed by atoms with van der Waals surface area (Å²) >= 11 is 4.71. The molecule has 158 valence electrons. The fraction of sp³-hybridized carbons (Fsp3) is 0.381. The molecule has 1 aromatic carbocycles. The number of nitrogens with two attached hydrogens (primary N) is 1. The fourth-order valence-corrected chi connectivity index (χ4v) is 5.23. The van der Waals surface area contributed by atoms with Crippen LogP contribution in [0.3, 0.4) is 0 Å². The normalized spacial score (nSPS) is 21.4. The summed E-state index contributed by atoms with van der Waals surface area (Å²) in [5, 5.41) is 2.94. The molecule has 2 saturated heterocycles. The number of anilines is 1. The second kappa shape index (κ2) is 8.49. The number of hydrogen-bond acceptors (Lipinski definition) is 5. The minimum atomic E-state index is -0.251. The SMILES string of the molecule is Cc1cc(N2CC(NC(=O)c3ccc(Br)s3)CC2=O)ccc1C(=O)N1CCC(N)C1. The van der Waals surface area contributed by atoms with Gasteiger partial charge in [-0.25, -0.2) is 0 Å². The first kappa shape index (κ1) is 21.0. The molecule has 0 spiro atoms. The zero-order valence-corrected chi connectivity index (χ0v) is 19.0. The Bertz CT molecular complexity index is 1010. The van der Waals surface area contributed by atoms with Gasteiger partial charge in [0, 0.05) is 43.3 Å². The van der Waals surface area contributed by atoms with E-state index in [2.05, 4.69) is 21.2 Å². The summed E-state index contributed by atoms with van der Waals surface area (Å²) in [5.41, 5.74) is 8.11. The highest BCUT2D eigenvalue weighted by Gasteiger charge is 2.33. The van der Waals surface area contributed by atoms with Gasteiger partial charge in [-0.1, -0.05) is 0 Å². The molecular formula is C21H23BrN4O3S. The van der Waals surface area contributed by atoms with Crippen molar-refractivity contribution in [1.29, 1.82) is 0 Å². The monoisotopic (exact) mass is 490 g/mol. The lowest BCUT2D eigenvalue weighted by atomic mass is 10.1. The fourth-order valence-electron chi connectivity index (χ4n) is 3.94. The molecule has 0 radical (unpaired) electrons. The predicted molar refractivity (Wildman–Crippen MR) is 120 cm³/mol. The van der Waals surface area contributed by atoms with Crippen LogP contribution in [0.25, 0.3) is 0 Å². The summed E-state index contributed by atoms with van der Waals surface area (Å²) in [6, 6.07) is 8.81. The number of carbonyl (C=O) groups is 3. The number of nitrogens with zero attached hydrogens (tertiary/aromatic N) is 2. The minimum Gasteiger partial charge on any atom is -0.346 e. The molecule has 0 saturated carbocycles. The number of likely N-dealkylation sites (tertiary alicyclic amines) is 1. The lowest BCUT2D eigenvalue weighted by molar-refractivity contribution is -0.117. The van der Waals surface area contributed by atoms with E-state index < -0.39 is 0 Å². The molecule has 2 aliphatic rings. The third-order valence-electron chi connectivity index (χ3n) is 5.52. The quantitative estimate of drug-likeness (QED) is 0.687. The average molecular weight is 491 g/mol. The number of aryl methyl sites for hydroxylation is 1. The Labute approximate surface area is 187 Å². The van der Waals surface area contributed by atoms with Crippen LogP contribution in [0, 0.1) is 6.92 Å². The van der Waals surface area contributed by atoms with E-state index in [9.17, 15) is 14.4 Å². The first-order chi connectivity index (χ1) is 14.3. The van der Waals surface area contributed by atoms with Crippen molar-refractivity contribution in [2.75, 3.05) is 24.5 Å². The van der Waals surface area contributed by atoms with Crippen LogP contribution < -0.4 is 16.0 Å². The standard InChI is InChI=1S/C21H23BrN4O3S/c1-12-8-15(2-3-16(12)21(29)25-7-6-13(23)10-25)26-11-14(9-19(26)27)24-20(28)17-4-5-18(22)30-17/h2-5,8,13-14H,6-7,9-11,23H2,1H3,(H,24,28). The van der Waals surface area contributed by atoms with E-state index in [1.807, 2.05) is 19.1 Å². The van der Waals surface area contributed by atoms with Gasteiger partial charge in [-0.3, -0.25) is 14.4 Å². The number of carbonyl (C=O) groups excluding carboxylic acids is 3. The second-order valence-corrected chi connectivity index (χ2v) is 10.2. The Hall–Kier alpha value is -2.23. The van der Waals surface area contributed by atoms with Gasteiger partial charge in [0.2, 0.25) is 5.91 Å². The number of rotatable bonds is 4. The Morgan fingerprint density at radius 1 is 1.23 bits per heavy atom. The molecule has 2 aromatic rings. The van der Waals surface area contributed by atoms with Gasteiger partial charge in [0.15, 0.2) is 0 Å². The maximum absolute atomic E-state index is 12.8. The maximum Gasteiger partial charge on any atom is 0.261 e. The molecule has 0 bridgehead atoms.